The van der Waals surface area contributed by atoms with Gasteiger partial charge in [0.15, 0.2) is 0 Å². The predicted molar refractivity (Wildman–Crippen MR) is 87.0 cm³/mol. The number of benzene rings is 1. The van der Waals surface area contributed by atoms with Crippen LogP contribution in [0, 0.1) is 9.49 Å². The SMILES string of the molecule is COc1cc(I)c(Cl)cc1C(=O)N1CCC[C@H](C(=O)O)C1. The second-order valence-electron chi connectivity index (χ2n) is 4.90. The highest BCUT2D eigenvalue weighted by Crippen LogP contribution is 2.30. The van der Waals surface area contributed by atoms with Gasteiger partial charge in [0, 0.05) is 16.7 Å². The number of halogens is 2. The van der Waals surface area contributed by atoms with Gasteiger partial charge in [0.2, 0.25) is 0 Å². The summed E-state index contributed by atoms with van der Waals surface area (Å²) in [5.41, 5.74) is 0.369. The zero-order valence-corrected chi connectivity index (χ0v) is 14.3. The summed E-state index contributed by atoms with van der Waals surface area (Å²) in [6.07, 6.45) is 1.28. The number of carboxylic acid groups (broad SMARTS) is 1. The average Bonchev–Trinajstić information content (AvgIpc) is 2.48. The van der Waals surface area contributed by atoms with E-state index in [0.29, 0.717) is 35.7 Å². The number of likely N-dealkylation sites (tertiary alicyclic amines) is 1. The highest BCUT2D eigenvalue weighted by Gasteiger charge is 2.30. The number of hydrogen-bond donors (Lipinski definition) is 1. The molecule has 0 aliphatic carbocycles. The monoisotopic (exact) mass is 423 g/mol. The molecule has 0 bridgehead atoms. The molecule has 1 saturated heterocycles. The normalized spacial score (nSPS) is 18.4. The number of carboxylic acids is 1. The van der Waals surface area contributed by atoms with Crippen LogP contribution in [0.3, 0.4) is 0 Å². The average molecular weight is 424 g/mol. The third-order valence-electron chi connectivity index (χ3n) is 3.53. The Morgan fingerprint density at radius 1 is 1.48 bits per heavy atom. The van der Waals surface area contributed by atoms with Gasteiger partial charge in [-0.05, 0) is 47.6 Å². The Labute approximate surface area is 141 Å². The van der Waals surface area contributed by atoms with E-state index >= 15 is 0 Å². The molecular weight excluding hydrogens is 409 g/mol. The van der Waals surface area contributed by atoms with Gasteiger partial charge in [0.05, 0.1) is 23.6 Å². The van der Waals surface area contributed by atoms with Gasteiger partial charge in [-0.15, -0.1) is 0 Å². The van der Waals surface area contributed by atoms with Gasteiger partial charge in [-0.1, -0.05) is 11.6 Å². The molecule has 7 heteroatoms. The van der Waals surface area contributed by atoms with Crippen molar-refractivity contribution in [2.75, 3.05) is 20.2 Å². The molecule has 21 heavy (non-hydrogen) atoms. The van der Waals surface area contributed by atoms with Crippen molar-refractivity contribution in [3.63, 3.8) is 0 Å². The van der Waals surface area contributed by atoms with Crippen molar-refractivity contribution in [3.8, 4) is 5.75 Å². The van der Waals surface area contributed by atoms with Gasteiger partial charge in [-0.2, -0.15) is 0 Å². The number of carbonyl (C=O) groups is 2. The molecule has 0 unspecified atom stereocenters. The van der Waals surface area contributed by atoms with E-state index in [2.05, 4.69) is 22.6 Å². The summed E-state index contributed by atoms with van der Waals surface area (Å²) in [4.78, 5) is 25.3. The second kappa shape index (κ2) is 6.83. The fraction of sp³-hybridized carbons (Fsp3) is 0.429. The van der Waals surface area contributed by atoms with Gasteiger partial charge in [0.25, 0.3) is 5.91 Å². The summed E-state index contributed by atoms with van der Waals surface area (Å²) < 4.78 is 6.04. The molecule has 1 aliphatic heterocycles. The van der Waals surface area contributed by atoms with Crippen LogP contribution in [-0.2, 0) is 4.79 Å². The molecule has 2 rings (SSSR count). The van der Waals surface area contributed by atoms with Crippen LogP contribution in [0.5, 0.6) is 5.75 Å². The predicted octanol–water partition coefficient (Wildman–Crippen LogP) is 2.89. The number of nitrogens with zero attached hydrogens (tertiary/aromatic N) is 1. The lowest BCUT2D eigenvalue weighted by Gasteiger charge is -2.31. The van der Waals surface area contributed by atoms with Gasteiger partial charge < -0.3 is 14.7 Å². The van der Waals surface area contributed by atoms with E-state index in [1.807, 2.05) is 0 Å². The highest BCUT2D eigenvalue weighted by molar-refractivity contribution is 14.1. The van der Waals surface area contributed by atoms with Crippen LogP contribution >= 0.6 is 34.2 Å². The molecule has 1 amide bonds. The molecular formula is C14H15ClINO4. The molecule has 1 aromatic carbocycles. The Balaban J connectivity index is 2.27. The lowest BCUT2D eigenvalue weighted by atomic mass is 9.97. The fourth-order valence-electron chi connectivity index (χ4n) is 2.40. The highest BCUT2D eigenvalue weighted by atomic mass is 127. The number of piperidine rings is 1. The van der Waals surface area contributed by atoms with Crippen molar-refractivity contribution in [1.29, 1.82) is 0 Å². The van der Waals surface area contributed by atoms with Gasteiger partial charge in [-0.25, -0.2) is 0 Å². The minimum atomic E-state index is -0.861. The van der Waals surface area contributed by atoms with Crippen LogP contribution in [0.1, 0.15) is 23.2 Å². The van der Waals surface area contributed by atoms with E-state index in [9.17, 15) is 9.59 Å². The lowest BCUT2D eigenvalue weighted by molar-refractivity contribution is -0.143. The molecule has 0 aromatic heterocycles. The Morgan fingerprint density at radius 3 is 2.81 bits per heavy atom. The number of hydrogen-bond acceptors (Lipinski definition) is 3. The summed E-state index contributed by atoms with van der Waals surface area (Å²) in [6, 6.07) is 3.28. The minimum Gasteiger partial charge on any atom is -0.496 e. The molecule has 1 aliphatic rings. The minimum absolute atomic E-state index is 0.223. The number of methoxy groups -OCH3 is 1. The van der Waals surface area contributed by atoms with Crippen molar-refractivity contribution >= 4 is 46.1 Å². The zero-order valence-electron chi connectivity index (χ0n) is 11.4. The molecule has 114 valence electrons. The van der Waals surface area contributed by atoms with Crippen molar-refractivity contribution in [2.24, 2.45) is 5.92 Å². The van der Waals surface area contributed by atoms with E-state index in [0.717, 1.165) is 3.57 Å². The molecule has 1 atom stereocenters. The number of amides is 1. The van der Waals surface area contributed by atoms with Crippen molar-refractivity contribution in [3.05, 3.63) is 26.3 Å². The van der Waals surface area contributed by atoms with E-state index in [-0.39, 0.29) is 12.5 Å². The third kappa shape index (κ3) is 3.60. The zero-order chi connectivity index (χ0) is 15.6. The number of rotatable bonds is 3. The quantitative estimate of drug-likeness (QED) is 0.759. The molecule has 0 radical (unpaired) electrons. The van der Waals surface area contributed by atoms with Gasteiger partial charge in [-0.3, -0.25) is 9.59 Å². The fourth-order valence-corrected chi connectivity index (χ4v) is 3.00. The van der Waals surface area contributed by atoms with Crippen LogP contribution in [0.15, 0.2) is 12.1 Å². The van der Waals surface area contributed by atoms with Crippen LogP contribution < -0.4 is 4.74 Å². The van der Waals surface area contributed by atoms with Crippen LogP contribution in [-0.4, -0.2) is 42.1 Å². The Morgan fingerprint density at radius 2 is 2.19 bits per heavy atom. The maximum Gasteiger partial charge on any atom is 0.308 e. The molecule has 0 spiro atoms. The van der Waals surface area contributed by atoms with Crippen molar-refractivity contribution in [1.82, 2.24) is 4.90 Å². The summed E-state index contributed by atoms with van der Waals surface area (Å²) in [6.45, 7) is 0.774. The van der Waals surface area contributed by atoms with E-state index in [4.69, 9.17) is 21.4 Å². The van der Waals surface area contributed by atoms with E-state index < -0.39 is 11.9 Å². The van der Waals surface area contributed by atoms with Crippen LogP contribution in [0.25, 0.3) is 0 Å². The number of ether oxygens (including phenoxy) is 1. The summed E-state index contributed by atoms with van der Waals surface area (Å²) >= 11 is 8.14. The third-order valence-corrected chi connectivity index (χ3v) is 5.05. The molecule has 1 aromatic rings. The number of carbonyl (C=O) groups excluding carboxylic acids is 1. The smallest absolute Gasteiger partial charge is 0.308 e. The first-order chi connectivity index (χ1) is 9.93. The van der Waals surface area contributed by atoms with Crippen LogP contribution in [0.2, 0.25) is 5.02 Å². The van der Waals surface area contributed by atoms with Crippen molar-refractivity contribution in [2.45, 2.75) is 12.8 Å². The Kier molecular flexibility index (Phi) is 5.32. The molecule has 1 N–H and O–H groups in total. The summed E-state index contributed by atoms with van der Waals surface area (Å²) in [5, 5.41) is 9.58. The van der Waals surface area contributed by atoms with Crippen molar-refractivity contribution < 1.29 is 19.4 Å². The summed E-state index contributed by atoms with van der Waals surface area (Å²) in [7, 11) is 1.49. The maximum atomic E-state index is 12.6. The maximum absolute atomic E-state index is 12.6. The molecule has 5 nitrogen and oxygen atoms in total. The van der Waals surface area contributed by atoms with Gasteiger partial charge in [0.1, 0.15) is 5.75 Å². The summed E-state index contributed by atoms with van der Waals surface area (Å²) in [5.74, 6) is -1.16. The molecule has 0 saturated carbocycles. The van der Waals surface area contributed by atoms with Gasteiger partial charge >= 0.3 is 5.97 Å². The number of aliphatic carboxylic acids is 1. The largest absolute Gasteiger partial charge is 0.496 e. The lowest BCUT2D eigenvalue weighted by Crippen LogP contribution is -2.42. The van der Waals surface area contributed by atoms with E-state index in [1.54, 1.807) is 17.0 Å². The Hall–Kier alpha value is -1.02. The first-order valence-electron chi connectivity index (χ1n) is 6.49. The second-order valence-corrected chi connectivity index (χ2v) is 6.46. The van der Waals surface area contributed by atoms with Crippen LogP contribution in [0.4, 0.5) is 0 Å². The first kappa shape index (κ1) is 16.4. The standard InChI is InChI=1S/C14H15ClINO4/c1-21-12-6-11(16)10(15)5-9(12)13(18)17-4-2-3-8(7-17)14(19)20/h5-6,8H,2-4,7H2,1H3,(H,19,20)/t8-/m0/s1. The molecule has 1 heterocycles. The first-order valence-corrected chi connectivity index (χ1v) is 7.94. The topological polar surface area (TPSA) is 66.8 Å². The Bertz CT molecular complexity index is 578. The van der Waals surface area contributed by atoms with E-state index in [1.165, 1.54) is 7.11 Å². The molecule has 1 fully saturated rings.